The second-order valence-electron chi connectivity index (χ2n) is 6.08. The third kappa shape index (κ3) is 2.91. The van der Waals surface area contributed by atoms with Gasteiger partial charge in [-0.15, -0.1) is 0 Å². The lowest BCUT2D eigenvalue weighted by Gasteiger charge is -2.12. The van der Waals surface area contributed by atoms with Crippen molar-refractivity contribution in [2.24, 2.45) is 0 Å². The van der Waals surface area contributed by atoms with Crippen LogP contribution in [-0.2, 0) is 0 Å². The van der Waals surface area contributed by atoms with E-state index >= 15 is 0 Å². The molecule has 128 valence electrons. The van der Waals surface area contributed by atoms with Crippen LogP contribution in [0.2, 0.25) is 0 Å². The van der Waals surface area contributed by atoms with Crippen molar-refractivity contribution in [3.63, 3.8) is 0 Å². The molecule has 0 saturated heterocycles. The molecule has 0 aliphatic rings. The molecular weight excluding hydrogens is 323 g/mol. The van der Waals surface area contributed by atoms with Crippen LogP contribution in [-0.4, -0.2) is 21.2 Å². The van der Waals surface area contributed by atoms with Gasteiger partial charge in [0.25, 0.3) is 5.89 Å². The van der Waals surface area contributed by atoms with Crippen LogP contribution in [0.15, 0.2) is 28.8 Å². The highest BCUT2D eigenvalue weighted by Crippen LogP contribution is 2.31. The Hall–Kier alpha value is -3.02. The molecule has 0 aliphatic heterocycles. The van der Waals surface area contributed by atoms with Crippen LogP contribution in [0.4, 0.5) is 4.39 Å². The van der Waals surface area contributed by atoms with Crippen LogP contribution in [0.3, 0.4) is 0 Å². The molecule has 3 aromatic rings. The van der Waals surface area contributed by atoms with E-state index in [1.54, 1.807) is 32.9 Å². The zero-order valence-corrected chi connectivity index (χ0v) is 14.3. The minimum absolute atomic E-state index is 0.0574. The van der Waals surface area contributed by atoms with E-state index < -0.39 is 11.8 Å². The number of rotatable bonds is 3. The smallest absolute Gasteiger partial charge is 0.336 e. The van der Waals surface area contributed by atoms with Crippen molar-refractivity contribution in [1.29, 1.82) is 0 Å². The summed E-state index contributed by atoms with van der Waals surface area (Å²) in [6, 6.07) is 6.55. The molecule has 0 atom stereocenters. The summed E-state index contributed by atoms with van der Waals surface area (Å²) >= 11 is 0. The van der Waals surface area contributed by atoms with Crippen molar-refractivity contribution in [1.82, 2.24) is 10.1 Å². The highest BCUT2D eigenvalue weighted by Gasteiger charge is 2.21. The molecule has 3 rings (SSSR count). The van der Waals surface area contributed by atoms with Crippen molar-refractivity contribution < 1.29 is 18.8 Å². The molecule has 0 amide bonds. The molecule has 0 radical (unpaired) electrons. The lowest BCUT2D eigenvalue weighted by Crippen LogP contribution is -2.06. The van der Waals surface area contributed by atoms with Gasteiger partial charge in [-0.25, -0.2) is 9.18 Å². The molecule has 1 aromatic heterocycles. The third-order valence-electron chi connectivity index (χ3n) is 4.34. The van der Waals surface area contributed by atoms with Crippen LogP contribution in [0, 0.1) is 33.5 Å². The topological polar surface area (TPSA) is 76.2 Å². The highest BCUT2D eigenvalue weighted by molar-refractivity contribution is 5.93. The summed E-state index contributed by atoms with van der Waals surface area (Å²) in [4.78, 5) is 15.8. The number of nitrogens with zero attached hydrogens (tertiary/aromatic N) is 2. The highest BCUT2D eigenvalue weighted by atomic mass is 19.1. The standard InChI is InChI=1S/C19H17FN2O3/c1-9-5-6-13(15(20)7-9)18-21-17(22-25-18)14-8-10(2)11(3)16(12(14)4)19(23)24/h5-8H,1-4H3,(H,23,24). The minimum Gasteiger partial charge on any atom is -0.478 e. The quantitative estimate of drug-likeness (QED) is 0.761. The van der Waals surface area contributed by atoms with E-state index in [4.69, 9.17) is 4.52 Å². The van der Waals surface area contributed by atoms with Crippen molar-refractivity contribution in [2.75, 3.05) is 0 Å². The fourth-order valence-electron chi connectivity index (χ4n) is 2.84. The summed E-state index contributed by atoms with van der Waals surface area (Å²) in [5.41, 5.74) is 3.84. The Kier molecular flexibility index (Phi) is 4.12. The van der Waals surface area contributed by atoms with Gasteiger partial charge in [-0.2, -0.15) is 4.98 Å². The Balaban J connectivity index is 2.13. The van der Waals surface area contributed by atoms with Gasteiger partial charge in [0.05, 0.1) is 11.1 Å². The average Bonchev–Trinajstić information content (AvgIpc) is 3.00. The van der Waals surface area contributed by atoms with E-state index in [2.05, 4.69) is 10.1 Å². The van der Waals surface area contributed by atoms with Gasteiger partial charge in [0.2, 0.25) is 5.82 Å². The maximum absolute atomic E-state index is 14.1. The lowest BCUT2D eigenvalue weighted by atomic mass is 9.93. The number of hydrogen-bond donors (Lipinski definition) is 1. The number of hydrogen-bond acceptors (Lipinski definition) is 4. The van der Waals surface area contributed by atoms with Gasteiger partial charge in [-0.1, -0.05) is 11.2 Å². The Labute approximate surface area is 144 Å². The van der Waals surface area contributed by atoms with Crippen LogP contribution >= 0.6 is 0 Å². The second kappa shape index (κ2) is 6.12. The molecule has 0 bridgehead atoms. The fourth-order valence-corrected chi connectivity index (χ4v) is 2.84. The molecule has 5 nitrogen and oxygen atoms in total. The van der Waals surface area contributed by atoms with Gasteiger partial charge in [0, 0.05) is 5.56 Å². The van der Waals surface area contributed by atoms with E-state index in [9.17, 15) is 14.3 Å². The molecule has 2 aromatic carbocycles. The number of carboxylic acid groups (broad SMARTS) is 1. The molecule has 0 aliphatic carbocycles. The first-order chi connectivity index (χ1) is 11.8. The van der Waals surface area contributed by atoms with Gasteiger partial charge in [0.1, 0.15) is 5.82 Å². The van der Waals surface area contributed by atoms with Gasteiger partial charge in [-0.05, 0) is 68.1 Å². The SMILES string of the molecule is Cc1ccc(-c2nc(-c3cc(C)c(C)c(C(=O)O)c3C)no2)c(F)c1. The van der Waals surface area contributed by atoms with Crippen LogP contribution in [0.25, 0.3) is 22.8 Å². The molecule has 6 heteroatoms. The molecule has 1 N–H and O–H groups in total. The fraction of sp³-hybridized carbons (Fsp3) is 0.211. The Bertz CT molecular complexity index is 993. The number of aryl methyl sites for hydroxylation is 2. The van der Waals surface area contributed by atoms with E-state index in [0.717, 1.165) is 11.1 Å². The van der Waals surface area contributed by atoms with Gasteiger partial charge < -0.3 is 9.63 Å². The molecule has 25 heavy (non-hydrogen) atoms. The summed E-state index contributed by atoms with van der Waals surface area (Å²) in [5, 5.41) is 13.4. The molecule has 0 saturated carbocycles. The normalized spacial score (nSPS) is 10.9. The molecule has 0 unspecified atom stereocenters. The Morgan fingerprint density at radius 3 is 2.44 bits per heavy atom. The largest absolute Gasteiger partial charge is 0.478 e. The van der Waals surface area contributed by atoms with Crippen molar-refractivity contribution >= 4 is 5.97 Å². The van der Waals surface area contributed by atoms with Crippen LogP contribution in [0.1, 0.15) is 32.6 Å². The van der Waals surface area contributed by atoms with Crippen LogP contribution < -0.4 is 0 Å². The number of carboxylic acids is 1. The maximum atomic E-state index is 14.1. The van der Waals surface area contributed by atoms with Crippen molar-refractivity contribution in [2.45, 2.75) is 27.7 Å². The average molecular weight is 340 g/mol. The zero-order valence-electron chi connectivity index (χ0n) is 14.3. The predicted octanol–water partition coefficient (Wildman–Crippen LogP) is 4.47. The summed E-state index contributed by atoms with van der Waals surface area (Å²) in [7, 11) is 0. The molecule has 0 fully saturated rings. The number of benzene rings is 2. The number of aromatic nitrogens is 2. The van der Waals surface area contributed by atoms with Gasteiger partial charge >= 0.3 is 5.97 Å². The number of halogens is 1. The molecule has 0 spiro atoms. The van der Waals surface area contributed by atoms with E-state index in [0.29, 0.717) is 16.7 Å². The van der Waals surface area contributed by atoms with E-state index in [1.807, 2.05) is 13.0 Å². The second-order valence-corrected chi connectivity index (χ2v) is 6.08. The molecular formula is C19H17FN2O3. The van der Waals surface area contributed by atoms with E-state index in [1.165, 1.54) is 6.07 Å². The Morgan fingerprint density at radius 1 is 1.08 bits per heavy atom. The zero-order chi connectivity index (χ0) is 18.3. The number of carbonyl (C=O) groups is 1. The Morgan fingerprint density at radius 2 is 1.80 bits per heavy atom. The summed E-state index contributed by atoms with van der Waals surface area (Å²) < 4.78 is 19.3. The third-order valence-corrected chi connectivity index (χ3v) is 4.34. The van der Waals surface area contributed by atoms with Crippen LogP contribution in [0.5, 0.6) is 0 Å². The minimum atomic E-state index is -1.01. The van der Waals surface area contributed by atoms with Gasteiger partial charge in [-0.3, -0.25) is 0 Å². The van der Waals surface area contributed by atoms with Gasteiger partial charge in [0.15, 0.2) is 0 Å². The van der Waals surface area contributed by atoms with E-state index in [-0.39, 0.29) is 22.8 Å². The lowest BCUT2D eigenvalue weighted by molar-refractivity contribution is 0.0695. The first-order valence-corrected chi connectivity index (χ1v) is 7.74. The maximum Gasteiger partial charge on any atom is 0.336 e. The van der Waals surface area contributed by atoms with Crippen molar-refractivity contribution in [3.05, 3.63) is 57.9 Å². The van der Waals surface area contributed by atoms with Crippen molar-refractivity contribution in [3.8, 4) is 22.8 Å². The summed E-state index contributed by atoms with van der Waals surface area (Å²) in [6.45, 7) is 7.08. The number of aromatic carboxylic acids is 1. The summed E-state index contributed by atoms with van der Waals surface area (Å²) in [6.07, 6.45) is 0. The first kappa shape index (κ1) is 16.8. The summed E-state index contributed by atoms with van der Waals surface area (Å²) in [5.74, 6) is -1.16. The monoisotopic (exact) mass is 340 g/mol. The molecule has 1 heterocycles. The first-order valence-electron chi connectivity index (χ1n) is 7.74. The predicted molar refractivity (Wildman–Crippen MR) is 91.0 cm³/mol.